The summed E-state index contributed by atoms with van der Waals surface area (Å²) in [5.41, 5.74) is 1.23. The van der Waals surface area contributed by atoms with E-state index in [9.17, 15) is 0 Å². The molecule has 0 spiro atoms. The van der Waals surface area contributed by atoms with Gasteiger partial charge in [-0.2, -0.15) is 5.10 Å². The average Bonchev–Trinajstić information content (AvgIpc) is 2.87. The fourth-order valence-electron chi connectivity index (χ4n) is 1.75. The molecule has 1 N–H and O–H groups in total. The lowest BCUT2D eigenvalue weighted by Gasteiger charge is -2.17. The quantitative estimate of drug-likeness (QED) is 0.883. The van der Waals surface area contributed by atoms with Crippen molar-refractivity contribution in [1.29, 1.82) is 0 Å². The van der Waals surface area contributed by atoms with Crippen LogP contribution < -0.4 is 5.32 Å². The molecule has 0 radical (unpaired) electrons. The van der Waals surface area contributed by atoms with Gasteiger partial charge >= 0.3 is 0 Å². The second-order valence-corrected chi connectivity index (χ2v) is 5.05. The normalized spacial score (nSPS) is 14.9. The molecule has 0 saturated heterocycles. The summed E-state index contributed by atoms with van der Waals surface area (Å²) in [6, 6.07) is 4.96. The van der Waals surface area contributed by atoms with Crippen molar-refractivity contribution in [2.24, 2.45) is 7.05 Å². The van der Waals surface area contributed by atoms with Gasteiger partial charge in [0.15, 0.2) is 0 Å². The fourth-order valence-corrected chi connectivity index (χ4v) is 2.50. The summed E-state index contributed by atoms with van der Waals surface area (Å²) in [7, 11) is 1.94. The van der Waals surface area contributed by atoms with Crippen LogP contribution >= 0.6 is 11.3 Å². The maximum absolute atomic E-state index is 4.19. The van der Waals surface area contributed by atoms with Gasteiger partial charge in [0.25, 0.3) is 0 Å². The minimum atomic E-state index is 0.325. The first-order chi connectivity index (χ1) is 7.66. The van der Waals surface area contributed by atoms with Crippen molar-refractivity contribution in [3.8, 4) is 0 Å². The van der Waals surface area contributed by atoms with E-state index in [0.29, 0.717) is 12.1 Å². The molecule has 2 aromatic heterocycles. The number of aromatic nitrogens is 2. The minimum Gasteiger partial charge on any atom is -0.303 e. The van der Waals surface area contributed by atoms with Crippen molar-refractivity contribution < 1.29 is 0 Å². The van der Waals surface area contributed by atoms with Gasteiger partial charge in [0.1, 0.15) is 0 Å². The van der Waals surface area contributed by atoms with Crippen LogP contribution in [0.4, 0.5) is 0 Å². The predicted molar refractivity (Wildman–Crippen MR) is 67.5 cm³/mol. The molecule has 0 bridgehead atoms. The Morgan fingerprint density at radius 3 is 2.75 bits per heavy atom. The van der Waals surface area contributed by atoms with Crippen LogP contribution in [-0.2, 0) is 7.05 Å². The topological polar surface area (TPSA) is 29.9 Å². The molecule has 1 unspecified atom stereocenters. The van der Waals surface area contributed by atoms with E-state index in [0.717, 1.165) is 0 Å². The van der Waals surface area contributed by atoms with Gasteiger partial charge in [-0.05, 0) is 25.3 Å². The smallest absolute Gasteiger partial charge is 0.0537 e. The summed E-state index contributed by atoms with van der Waals surface area (Å²) in [6.07, 6.45) is 3.97. The summed E-state index contributed by atoms with van der Waals surface area (Å²) >= 11 is 1.79. The van der Waals surface area contributed by atoms with Gasteiger partial charge < -0.3 is 5.32 Å². The zero-order valence-electron chi connectivity index (χ0n) is 9.84. The van der Waals surface area contributed by atoms with E-state index >= 15 is 0 Å². The van der Waals surface area contributed by atoms with E-state index in [4.69, 9.17) is 0 Å². The highest BCUT2D eigenvalue weighted by Gasteiger charge is 2.12. The maximum atomic E-state index is 4.19. The molecule has 0 aromatic carbocycles. The molecule has 2 atom stereocenters. The average molecular weight is 235 g/mol. The number of nitrogens with one attached hydrogen (secondary N) is 1. The first kappa shape index (κ1) is 11.4. The zero-order chi connectivity index (χ0) is 11.5. The molecular weight excluding hydrogens is 218 g/mol. The van der Waals surface area contributed by atoms with Crippen LogP contribution in [0.5, 0.6) is 0 Å². The van der Waals surface area contributed by atoms with Crippen LogP contribution in [0.3, 0.4) is 0 Å². The van der Waals surface area contributed by atoms with Crippen LogP contribution in [0.15, 0.2) is 29.9 Å². The van der Waals surface area contributed by atoms with E-state index in [2.05, 4.69) is 48.0 Å². The van der Waals surface area contributed by atoms with Crippen molar-refractivity contribution >= 4 is 11.3 Å². The zero-order valence-corrected chi connectivity index (χ0v) is 10.7. The summed E-state index contributed by atoms with van der Waals surface area (Å²) in [6.45, 7) is 4.36. The van der Waals surface area contributed by atoms with Gasteiger partial charge in [0, 0.05) is 35.8 Å². The van der Waals surface area contributed by atoms with Crippen molar-refractivity contribution in [3.63, 3.8) is 0 Å². The number of hydrogen-bond donors (Lipinski definition) is 1. The van der Waals surface area contributed by atoms with Crippen molar-refractivity contribution in [1.82, 2.24) is 15.1 Å². The van der Waals surface area contributed by atoms with Gasteiger partial charge in [-0.15, -0.1) is 11.3 Å². The van der Waals surface area contributed by atoms with Crippen molar-refractivity contribution in [2.45, 2.75) is 25.9 Å². The molecule has 16 heavy (non-hydrogen) atoms. The minimum absolute atomic E-state index is 0.325. The molecule has 86 valence electrons. The van der Waals surface area contributed by atoms with Crippen LogP contribution in [0.1, 0.15) is 36.4 Å². The lowest BCUT2D eigenvalue weighted by atomic mass is 10.1. The third-order valence-corrected chi connectivity index (χ3v) is 3.75. The fraction of sp³-hybridized carbons (Fsp3) is 0.417. The van der Waals surface area contributed by atoms with Gasteiger partial charge in [-0.1, -0.05) is 6.07 Å². The number of nitrogens with zero attached hydrogens (tertiary/aromatic N) is 2. The molecule has 0 aliphatic heterocycles. The Bertz CT molecular complexity index is 433. The van der Waals surface area contributed by atoms with E-state index in [-0.39, 0.29) is 0 Å². The Labute approximate surface area is 100 Å². The van der Waals surface area contributed by atoms with Crippen molar-refractivity contribution in [2.75, 3.05) is 0 Å². The number of rotatable bonds is 4. The molecule has 0 fully saturated rings. The SMILES string of the molecule is CC(N[C@@H](C)c1cccs1)c1cnn(C)c1. The van der Waals surface area contributed by atoms with Crippen LogP contribution in [0.2, 0.25) is 0 Å². The molecule has 0 aliphatic rings. The Balaban J connectivity index is 2.00. The predicted octanol–water partition coefficient (Wildman–Crippen LogP) is 2.89. The largest absolute Gasteiger partial charge is 0.303 e. The number of hydrogen-bond acceptors (Lipinski definition) is 3. The molecular formula is C12H17N3S. The molecule has 2 rings (SSSR count). The summed E-state index contributed by atoms with van der Waals surface area (Å²) in [5.74, 6) is 0. The molecule has 0 saturated carbocycles. The highest BCUT2D eigenvalue weighted by atomic mass is 32.1. The molecule has 0 amide bonds. The van der Waals surface area contributed by atoms with E-state index < -0.39 is 0 Å². The highest BCUT2D eigenvalue weighted by Crippen LogP contribution is 2.22. The van der Waals surface area contributed by atoms with E-state index in [1.165, 1.54) is 10.4 Å². The number of thiophene rings is 1. The van der Waals surface area contributed by atoms with Gasteiger partial charge in [0.05, 0.1) is 6.20 Å². The Hall–Kier alpha value is -1.13. The first-order valence-electron chi connectivity index (χ1n) is 5.45. The Morgan fingerprint density at radius 2 is 2.19 bits per heavy atom. The molecule has 0 aliphatic carbocycles. The Morgan fingerprint density at radius 1 is 1.38 bits per heavy atom. The van der Waals surface area contributed by atoms with Crippen molar-refractivity contribution in [3.05, 3.63) is 40.3 Å². The highest BCUT2D eigenvalue weighted by molar-refractivity contribution is 7.10. The van der Waals surface area contributed by atoms with Gasteiger partial charge in [-0.3, -0.25) is 4.68 Å². The van der Waals surface area contributed by atoms with E-state index in [1.807, 2.05) is 17.9 Å². The maximum Gasteiger partial charge on any atom is 0.0537 e. The molecule has 2 aromatic rings. The van der Waals surface area contributed by atoms with Crippen LogP contribution in [0, 0.1) is 0 Å². The Kier molecular flexibility index (Phi) is 3.41. The summed E-state index contributed by atoms with van der Waals surface area (Å²) in [5, 5.41) is 9.87. The molecule has 2 heterocycles. The second-order valence-electron chi connectivity index (χ2n) is 4.07. The third-order valence-electron chi connectivity index (χ3n) is 2.69. The molecule has 4 heteroatoms. The lowest BCUT2D eigenvalue weighted by Crippen LogP contribution is -2.21. The second kappa shape index (κ2) is 4.80. The summed E-state index contributed by atoms with van der Waals surface area (Å²) < 4.78 is 1.84. The van der Waals surface area contributed by atoms with E-state index in [1.54, 1.807) is 11.3 Å². The summed E-state index contributed by atoms with van der Waals surface area (Å²) in [4.78, 5) is 1.37. The molecule has 3 nitrogen and oxygen atoms in total. The van der Waals surface area contributed by atoms with Crippen LogP contribution in [-0.4, -0.2) is 9.78 Å². The van der Waals surface area contributed by atoms with Gasteiger partial charge in [0.2, 0.25) is 0 Å². The lowest BCUT2D eigenvalue weighted by molar-refractivity contribution is 0.500. The third kappa shape index (κ3) is 2.51. The number of aryl methyl sites for hydroxylation is 1. The first-order valence-corrected chi connectivity index (χ1v) is 6.33. The van der Waals surface area contributed by atoms with Crippen LogP contribution in [0.25, 0.3) is 0 Å². The van der Waals surface area contributed by atoms with Gasteiger partial charge in [-0.25, -0.2) is 0 Å². The standard InChI is InChI=1S/C12H17N3S/c1-9(11-7-13-15(3)8-11)14-10(2)12-5-4-6-16-12/h4-10,14H,1-3H3/t9?,10-/m0/s1. The monoisotopic (exact) mass is 235 g/mol.